The molecule has 0 aliphatic heterocycles. The minimum Gasteiger partial charge on any atom is -0.491 e. The third kappa shape index (κ3) is 2.60. The molecule has 0 saturated carbocycles. The van der Waals surface area contributed by atoms with E-state index in [2.05, 4.69) is 4.98 Å². The van der Waals surface area contributed by atoms with Crippen LogP contribution in [0, 0.1) is 0 Å². The molecule has 0 spiro atoms. The first-order valence-corrected chi connectivity index (χ1v) is 7.36. The fourth-order valence-electron chi connectivity index (χ4n) is 2.04. The summed E-state index contributed by atoms with van der Waals surface area (Å²) in [6.45, 7) is 4.04. The van der Waals surface area contributed by atoms with Crippen LogP contribution >= 0.6 is 11.3 Å². The van der Waals surface area contributed by atoms with E-state index in [0.29, 0.717) is 0 Å². The Morgan fingerprint density at radius 2 is 2.00 bits per heavy atom. The zero-order valence-corrected chi connectivity index (χ0v) is 12.3. The molecule has 2 aromatic carbocycles. The summed E-state index contributed by atoms with van der Waals surface area (Å²) in [4.78, 5) is 4.65. The monoisotopic (exact) mass is 284 g/mol. The van der Waals surface area contributed by atoms with Gasteiger partial charge in [0.2, 0.25) is 0 Å². The maximum Gasteiger partial charge on any atom is 0.124 e. The molecule has 0 aliphatic carbocycles. The molecule has 0 unspecified atom stereocenters. The number of nitrogens with two attached hydrogens (primary N) is 1. The van der Waals surface area contributed by atoms with Gasteiger partial charge in [-0.15, -0.1) is 11.3 Å². The largest absolute Gasteiger partial charge is 0.491 e. The molecule has 1 aromatic heterocycles. The number of rotatable bonds is 3. The Balaban J connectivity index is 2.01. The van der Waals surface area contributed by atoms with Crippen LogP contribution in [0.15, 0.2) is 42.5 Å². The molecule has 102 valence electrons. The molecule has 0 atom stereocenters. The number of fused-ring (bicyclic) bond motifs is 1. The number of hydrogen-bond donors (Lipinski definition) is 1. The lowest BCUT2D eigenvalue weighted by molar-refractivity contribution is 0.242. The van der Waals surface area contributed by atoms with Crippen molar-refractivity contribution in [2.45, 2.75) is 20.0 Å². The van der Waals surface area contributed by atoms with Gasteiger partial charge in [-0.3, -0.25) is 0 Å². The van der Waals surface area contributed by atoms with E-state index in [4.69, 9.17) is 10.5 Å². The van der Waals surface area contributed by atoms with Crippen molar-refractivity contribution in [3.63, 3.8) is 0 Å². The lowest BCUT2D eigenvalue weighted by Gasteiger charge is -2.09. The summed E-state index contributed by atoms with van der Waals surface area (Å²) < 4.78 is 6.83. The molecule has 0 amide bonds. The zero-order valence-electron chi connectivity index (χ0n) is 11.5. The minimum absolute atomic E-state index is 0.167. The van der Waals surface area contributed by atoms with Gasteiger partial charge >= 0.3 is 0 Å². The summed E-state index contributed by atoms with van der Waals surface area (Å²) in [6, 6.07) is 13.8. The van der Waals surface area contributed by atoms with Gasteiger partial charge < -0.3 is 10.5 Å². The van der Waals surface area contributed by atoms with E-state index in [1.165, 1.54) is 0 Å². The van der Waals surface area contributed by atoms with E-state index in [-0.39, 0.29) is 6.10 Å². The van der Waals surface area contributed by atoms with Crippen molar-refractivity contribution < 1.29 is 4.74 Å². The Kier molecular flexibility index (Phi) is 3.32. The molecule has 2 N–H and O–H groups in total. The quantitative estimate of drug-likeness (QED) is 0.728. The third-order valence-corrected chi connectivity index (χ3v) is 3.93. The first-order chi connectivity index (χ1) is 9.61. The van der Waals surface area contributed by atoms with E-state index < -0.39 is 0 Å². The second kappa shape index (κ2) is 5.13. The summed E-state index contributed by atoms with van der Waals surface area (Å²) in [7, 11) is 0. The van der Waals surface area contributed by atoms with Gasteiger partial charge in [0.1, 0.15) is 10.8 Å². The molecule has 20 heavy (non-hydrogen) atoms. The molecule has 1 heterocycles. The van der Waals surface area contributed by atoms with E-state index in [0.717, 1.165) is 32.2 Å². The highest BCUT2D eigenvalue weighted by Crippen LogP contribution is 2.32. The smallest absolute Gasteiger partial charge is 0.124 e. The van der Waals surface area contributed by atoms with Crippen LogP contribution < -0.4 is 10.5 Å². The van der Waals surface area contributed by atoms with E-state index in [1.807, 2.05) is 56.3 Å². The van der Waals surface area contributed by atoms with Crippen LogP contribution in [0.1, 0.15) is 13.8 Å². The van der Waals surface area contributed by atoms with Crippen molar-refractivity contribution in [1.29, 1.82) is 0 Å². The maximum absolute atomic E-state index is 5.81. The van der Waals surface area contributed by atoms with Crippen LogP contribution in [0.25, 0.3) is 20.8 Å². The van der Waals surface area contributed by atoms with E-state index in [1.54, 1.807) is 11.3 Å². The molecular formula is C16H16N2OS. The van der Waals surface area contributed by atoms with Crippen molar-refractivity contribution in [1.82, 2.24) is 4.98 Å². The van der Waals surface area contributed by atoms with Crippen LogP contribution in [0.3, 0.4) is 0 Å². The fraction of sp³-hybridized carbons (Fsp3) is 0.188. The van der Waals surface area contributed by atoms with Gasteiger partial charge in [-0.2, -0.15) is 0 Å². The van der Waals surface area contributed by atoms with Crippen LogP contribution in [-0.2, 0) is 0 Å². The van der Waals surface area contributed by atoms with Crippen molar-refractivity contribution >= 4 is 27.2 Å². The Morgan fingerprint density at radius 1 is 1.15 bits per heavy atom. The average molecular weight is 284 g/mol. The molecule has 3 rings (SSSR count). The maximum atomic E-state index is 5.81. The number of ether oxygens (including phenoxy) is 1. The van der Waals surface area contributed by atoms with Crippen LogP contribution in [0.5, 0.6) is 5.75 Å². The Morgan fingerprint density at radius 3 is 2.80 bits per heavy atom. The normalized spacial score (nSPS) is 11.2. The number of thiazole rings is 1. The highest BCUT2D eigenvalue weighted by molar-refractivity contribution is 7.21. The molecule has 3 nitrogen and oxygen atoms in total. The molecule has 0 fully saturated rings. The molecule has 0 radical (unpaired) electrons. The Labute approximate surface area is 122 Å². The molecule has 3 aromatic rings. The topological polar surface area (TPSA) is 48.1 Å². The highest BCUT2D eigenvalue weighted by atomic mass is 32.1. The Bertz CT molecular complexity index is 749. The first-order valence-electron chi connectivity index (χ1n) is 6.55. The minimum atomic E-state index is 0.167. The zero-order chi connectivity index (χ0) is 14.1. The predicted molar refractivity (Wildman–Crippen MR) is 85.2 cm³/mol. The van der Waals surface area contributed by atoms with E-state index >= 15 is 0 Å². The summed E-state index contributed by atoms with van der Waals surface area (Å²) in [5.74, 6) is 0.872. The molecule has 0 saturated heterocycles. The molecular weight excluding hydrogens is 268 g/mol. The number of aromatic nitrogens is 1. The molecule has 0 bridgehead atoms. The van der Waals surface area contributed by atoms with Crippen molar-refractivity contribution in [3.8, 4) is 16.3 Å². The SMILES string of the molecule is CC(C)Oc1cccc(-c2nc3ccc(N)cc3s2)c1. The van der Waals surface area contributed by atoms with Gasteiger partial charge in [-0.05, 0) is 44.2 Å². The van der Waals surface area contributed by atoms with Crippen molar-refractivity contribution in [3.05, 3.63) is 42.5 Å². The first kappa shape index (κ1) is 12.9. The molecule has 0 aliphatic rings. The van der Waals surface area contributed by atoms with Crippen molar-refractivity contribution in [2.24, 2.45) is 0 Å². The van der Waals surface area contributed by atoms with Crippen LogP contribution in [0.2, 0.25) is 0 Å². The van der Waals surface area contributed by atoms with E-state index in [9.17, 15) is 0 Å². The summed E-state index contributed by atoms with van der Waals surface area (Å²) in [5, 5.41) is 0.986. The van der Waals surface area contributed by atoms with Crippen molar-refractivity contribution in [2.75, 3.05) is 5.73 Å². The van der Waals surface area contributed by atoms with Gasteiger partial charge in [0.05, 0.1) is 16.3 Å². The standard InChI is InChI=1S/C16H16N2OS/c1-10(2)19-13-5-3-4-11(8-13)16-18-14-7-6-12(17)9-15(14)20-16/h3-10H,17H2,1-2H3. The van der Waals surface area contributed by atoms with Crippen LogP contribution in [0.4, 0.5) is 5.69 Å². The average Bonchev–Trinajstić information content (AvgIpc) is 2.81. The van der Waals surface area contributed by atoms with Gasteiger partial charge in [0.25, 0.3) is 0 Å². The predicted octanol–water partition coefficient (Wildman–Crippen LogP) is 4.33. The lowest BCUT2D eigenvalue weighted by Crippen LogP contribution is -2.05. The number of nitrogen functional groups attached to an aromatic ring is 1. The third-order valence-electron chi connectivity index (χ3n) is 2.87. The second-order valence-electron chi connectivity index (χ2n) is 4.94. The lowest BCUT2D eigenvalue weighted by atomic mass is 10.2. The van der Waals surface area contributed by atoms with Gasteiger partial charge in [-0.1, -0.05) is 12.1 Å². The van der Waals surface area contributed by atoms with Gasteiger partial charge in [0, 0.05) is 11.3 Å². The molecule has 4 heteroatoms. The fourth-order valence-corrected chi connectivity index (χ4v) is 3.05. The second-order valence-corrected chi connectivity index (χ2v) is 5.97. The number of nitrogens with zero attached hydrogens (tertiary/aromatic N) is 1. The van der Waals surface area contributed by atoms with Gasteiger partial charge in [-0.25, -0.2) is 4.98 Å². The van der Waals surface area contributed by atoms with Gasteiger partial charge in [0.15, 0.2) is 0 Å². The summed E-state index contributed by atoms with van der Waals surface area (Å²) in [6.07, 6.45) is 0.167. The Hall–Kier alpha value is -2.07. The highest BCUT2D eigenvalue weighted by Gasteiger charge is 2.08. The number of hydrogen-bond acceptors (Lipinski definition) is 4. The number of anilines is 1. The van der Waals surface area contributed by atoms with Crippen LogP contribution in [-0.4, -0.2) is 11.1 Å². The summed E-state index contributed by atoms with van der Waals surface area (Å²) >= 11 is 1.65. The summed E-state index contributed by atoms with van der Waals surface area (Å²) in [5.41, 5.74) is 8.63. The number of benzene rings is 2.